The fourth-order valence-electron chi connectivity index (χ4n) is 0.619. The second-order valence-electron chi connectivity index (χ2n) is 2.75. The van der Waals surface area contributed by atoms with Gasteiger partial charge in [-0.1, -0.05) is 13.8 Å². The van der Waals surface area contributed by atoms with E-state index in [1.165, 1.54) is 0 Å². The Labute approximate surface area is 62.6 Å². The van der Waals surface area contributed by atoms with Gasteiger partial charge in [0.1, 0.15) is 0 Å². The van der Waals surface area contributed by atoms with E-state index in [1.807, 2.05) is 12.3 Å². The molecule has 0 fully saturated rings. The quantitative estimate of drug-likeness (QED) is 0.434. The van der Waals surface area contributed by atoms with Crippen molar-refractivity contribution in [2.24, 2.45) is 10.4 Å². The molecule has 0 atom stereocenters. The van der Waals surface area contributed by atoms with Crippen LogP contribution in [0.15, 0.2) is 17.3 Å². The summed E-state index contributed by atoms with van der Waals surface area (Å²) in [5.74, 6) is 0. The highest BCUT2D eigenvalue weighted by molar-refractivity contribution is 5.67. The van der Waals surface area contributed by atoms with Crippen LogP contribution in [0.2, 0.25) is 0 Å². The van der Waals surface area contributed by atoms with Crippen molar-refractivity contribution in [3.05, 3.63) is 12.3 Å². The molecule has 0 saturated carbocycles. The first-order valence-corrected chi connectivity index (χ1v) is 3.26. The molecule has 0 aromatic rings. The van der Waals surface area contributed by atoms with Gasteiger partial charge in [-0.15, -0.1) is 0 Å². The third kappa shape index (κ3) is 4.13. The minimum Gasteiger partial charge on any atom is -0.505 e. The smallest absolute Gasteiger partial charge is 0.0793 e. The molecule has 0 rings (SSSR count). The van der Waals surface area contributed by atoms with Gasteiger partial charge in [-0.25, -0.2) is 0 Å². The zero-order valence-corrected chi connectivity index (χ0v) is 7.09. The minimum atomic E-state index is 0.00472. The van der Waals surface area contributed by atoms with Crippen LogP contribution >= 0.6 is 0 Å². The maximum absolute atomic E-state index is 4.78. The number of ether oxygens (including phenoxy) is 1. The molecule has 0 aromatic heterocycles. The molecule has 0 N–H and O–H groups in total. The van der Waals surface area contributed by atoms with Crippen molar-refractivity contribution in [1.82, 2.24) is 0 Å². The molecule has 0 heterocycles. The maximum Gasteiger partial charge on any atom is 0.0793 e. The summed E-state index contributed by atoms with van der Waals surface area (Å²) in [6, 6.07) is 0. The summed E-state index contributed by atoms with van der Waals surface area (Å²) in [6.45, 7) is 4.13. The summed E-state index contributed by atoms with van der Waals surface area (Å²) < 4.78 is 4.78. The fraction of sp³-hybridized carbons (Fsp3) is 0.625. The van der Waals surface area contributed by atoms with Gasteiger partial charge in [-0.05, 0) is 6.08 Å². The SMILES string of the molecule is CN=CC(C)(C)/C=C/OC. The van der Waals surface area contributed by atoms with Crippen LogP contribution in [0.3, 0.4) is 0 Å². The Morgan fingerprint density at radius 1 is 1.40 bits per heavy atom. The van der Waals surface area contributed by atoms with Crippen LogP contribution in [0, 0.1) is 5.41 Å². The van der Waals surface area contributed by atoms with Crippen molar-refractivity contribution in [3.63, 3.8) is 0 Å². The second-order valence-corrected chi connectivity index (χ2v) is 2.75. The largest absolute Gasteiger partial charge is 0.505 e. The highest BCUT2D eigenvalue weighted by Gasteiger charge is 2.08. The lowest BCUT2D eigenvalue weighted by molar-refractivity contribution is 0.333. The first-order chi connectivity index (χ1) is 4.62. The number of nitrogens with zero attached hydrogens (tertiary/aromatic N) is 1. The van der Waals surface area contributed by atoms with Gasteiger partial charge in [0.2, 0.25) is 0 Å². The van der Waals surface area contributed by atoms with Crippen LogP contribution in [0.1, 0.15) is 13.8 Å². The third-order valence-electron chi connectivity index (χ3n) is 1.10. The minimum absolute atomic E-state index is 0.00472. The van der Waals surface area contributed by atoms with E-state index in [2.05, 4.69) is 18.8 Å². The molecular weight excluding hydrogens is 126 g/mol. The molecule has 2 nitrogen and oxygen atoms in total. The maximum atomic E-state index is 4.78. The Morgan fingerprint density at radius 3 is 2.40 bits per heavy atom. The lowest BCUT2D eigenvalue weighted by Crippen LogP contribution is -2.08. The molecule has 0 aliphatic carbocycles. The van der Waals surface area contributed by atoms with Gasteiger partial charge in [0, 0.05) is 18.7 Å². The normalized spacial score (nSPS) is 13.2. The molecule has 0 spiro atoms. The van der Waals surface area contributed by atoms with Crippen molar-refractivity contribution in [2.75, 3.05) is 14.2 Å². The van der Waals surface area contributed by atoms with E-state index in [4.69, 9.17) is 4.74 Å². The molecule has 2 heteroatoms. The van der Waals surface area contributed by atoms with Crippen LogP contribution in [0.4, 0.5) is 0 Å². The molecule has 0 saturated heterocycles. The summed E-state index contributed by atoms with van der Waals surface area (Å²) in [5.41, 5.74) is 0.00472. The van der Waals surface area contributed by atoms with Gasteiger partial charge in [-0.3, -0.25) is 4.99 Å². The third-order valence-corrected chi connectivity index (χ3v) is 1.10. The van der Waals surface area contributed by atoms with E-state index in [9.17, 15) is 0 Å². The molecule has 0 unspecified atom stereocenters. The van der Waals surface area contributed by atoms with E-state index < -0.39 is 0 Å². The van der Waals surface area contributed by atoms with Gasteiger partial charge >= 0.3 is 0 Å². The van der Waals surface area contributed by atoms with Crippen molar-refractivity contribution in [3.8, 4) is 0 Å². The summed E-state index contributed by atoms with van der Waals surface area (Å²) in [5, 5.41) is 0. The number of hydrogen-bond acceptors (Lipinski definition) is 2. The van der Waals surface area contributed by atoms with Gasteiger partial charge in [-0.2, -0.15) is 0 Å². The Balaban J connectivity index is 3.98. The van der Waals surface area contributed by atoms with E-state index in [-0.39, 0.29) is 5.41 Å². The van der Waals surface area contributed by atoms with Crippen molar-refractivity contribution >= 4 is 6.21 Å². The van der Waals surface area contributed by atoms with Gasteiger partial charge < -0.3 is 4.74 Å². The summed E-state index contributed by atoms with van der Waals surface area (Å²) >= 11 is 0. The highest BCUT2D eigenvalue weighted by atomic mass is 16.5. The standard InChI is InChI=1S/C8H15NO/c1-8(2,7-9-3)5-6-10-4/h5-7H,1-4H3/b6-5+,9-7?. The number of aliphatic imine (C=N–C) groups is 1. The lowest BCUT2D eigenvalue weighted by Gasteiger charge is -2.11. The average Bonchev–Trinajstić information content (AvgIpc) is 1.84. The number of rotatable bonds is 3. The lowest BCUT2D eigenvalue weighted by atomic mass is 9.96. The zero-order chi connectivity index (χ0) is 8.04. The van der Waals surface area contributed by atoms with Crippen molar-refractivity contribution < 1.29 is 4.74 Å². The second kappa shape index (κ2) is 4.09. The topological polar surface area (TPSA) is 21.6 Å². The van der Waals surface area contributed by atoms with E-state index >= 15 is 0 Å². The van der Waals surface area contributed by atoms with Crippen LogP contribution in [-0.2, 0) is 4.74 Å². The molecule has 0 aliphatic rings. The summed E-state index contributed by atoms with van der Waals surface area (Å²) in [7, 11) is 3.40. The first-order valence-electron chi connectivity index (χ1n) is 3.26. The zero-order valence-electron chi connectivity index (χ0n) is 7.09. The molecule has 0 radical (unpaired) electrons. The Kier molecular flexibility index (Phi) is 3.77. The number of hydrogen-bond donors (Lipinski definition) is 0. The fourth-order valence-corrected chi connectivity index (χ4v) is 0.619. The summed E-state index contributed by atoms with van der Waals surface area (Å²) in [6.07, 6.45) is 5.50. The highest BCUT2D eigenvalue weighted by Crippen LogP contribution is 2.12. The predicted octanol–water partition coefficient (Wildman–Crippen LogP) is 1.87. The van der Waals surface area contributed by atoms with Crippen LogP contribution in [-0.4, -0.2) is 20.4 Å². The Morgan fingerprint density at radius 2 is 2.00 bits per heavy atom. The van der Waals surface area contributed by atoms with Crippen LogP contribution in [0.5, 0.6) is 0 Å². The molecule has 0 aliphatic heterocycles. The predicted molar refractivity (Wildman–Crippen MR) is 44.3 cm³/mol. The molecule has 0 amide bonds. The van der Waals surface area contributed by atoms with E-state index in [1.54, 1.807) is 20.4 Å². The monoisotopic (exact) mass is 141 g/mol. The van der Waals surface area contributed by atoms with Gasteiger partial charge in [0.15, 0.2) is 0 Å². The van der Waals surface area contributed by atoms with Gasteiger partial charge in [0.05, 0.1) is 13.4 Å². The average molecular weight is 141 g/mol. The summed E-state index contributed by atoms with van der Waals surface area (Å²) in [4.78, 5) is 3.93. The molecule has 0 aromatic carbocycles. The molecule has 10 heavy (non-hydrogen) atoms. The van der Waals surface area contributed by atoms with Gasteiger partial charge in [0.25, 0.3) is 0 Å². The van der Waals surface area contributed by atoms with E-state index in [0.29, 0.717) is 0 Å². The van der Waals surface area contributed by atoms with Crippen LogP contribution < -0.4 is 0 Å². The van der Waals surface area contributed by atoms with Crippen molar-refractivity contribution in [1.29, 1.82) is 0 Å². The Bertz CT molecular complexity index is 136. The number of allylic oxidation sites excluding steroid dienone is 1. The Hall–Kier alpha value is -0.790. The molecule has 58 valence electrons. The number of methoxy groups -OCH3 is 1. The molecular formula is C8H15NO. The van der Waals surface area contributed by atoms with E-state index in [0.717, 1.165) is 0 Å². The first kappa shape index (κ1) is 9.21. The van der Waals surface area contributed by atoms with Crippen LogP contribution in [0.25, 0.3) is 0 Å². The molecule has 0 bridgehead atoms. The van der Waals surface area contributed by atoms with Crippen molar-refractivity contribution in [2.45, 2.75) is 13.8 Å².